The Morgan fingerprint density at radius 3 is 2.83 bits per heavy atom. The molecule has 0 aromatic carbocycles. The van der Waals surface area contributed by atoms with Crippen LogP contribution in [-0.4, -0.2) is 12.0 Å². The van der Waals surface area contributed by atoms with Gasteiger partial charge in [-0.2, -0.15) is 0 Å². The van der Waals surface area contributed by atoms with Crippen LogP contribution in [0.25, 0.3) is 0 Å². The SMILES string of the molecule is CNC(c1scnc1C)C1CC1. The summed E-state index contributed by atoms with van der Waals surface area (Å²) >= 11 is 1.78. The van der Waals surface area contributed by atoms with Crippen molar-refractivity contribution in [2.45, 2.75) is 25.8 Å². The van der Waals surface area contributed by atoms with Gasteiger partial charge in [-0.15, -0.1) is 11.3 Å². The van der Waals surface area contributed by atoms with E-state index in [1.54, 1.807) is 11.3 Å². The van der Waals surface area contributed by atoms with Crippen molar-refractivity contribution in [1.82, 2.24) is 10.3 Å². The molecule has 66 valence electrons. The molecule has 0 aliphatic heterocycles. The van der Waals surface area contributed by atoms with Gasteiger partial charge < -0.3 is 5.32 Å². The van der Waals surface area contributed by atoms with Crippen molar-refractivity contribution < 1.29 is 0 Å². The van der Waals surface area contributed by atoms with E-state index in [1.807, 2.05) is 12.6 Å². The molecule has 1 heterocycles. The maximum absolute atomic E-state index is 4.27. The molecule has 1 aromatic rings. The van der Waals surface area contributed by atoms with Gasteiger partial charge in [0, 0.05) is 10.9 Å². The van der Waals surface area contributed by atoms with Crippen molar-refractivity contribution >= 4 is 11.3 Å². The molecule has 2 nitrogen and oxygen atoms in total. The lowest BCUT2D eigenvalue weighted by Gasteiger charge is -2.13. The molecule has 0 spiro atoms. The molecule has 1 saturated carbocycles. The standard InChI is InChI=1S/C9H14N2S/c1-6-9(12-5-11-6)8(10-2)7-3-4-7/h5,7-8,10H,3-4H2,1-2H3. The van der Waals surface area contributed by atoms with Gasteiger partial charge >= 0.3 is 0 Å². The minimum atomic E-state index is 0.567. The topological polar surface area (TPSA) is 24.9 Å². The molecule has 1 aliphatic carbocycles. The second-order valence-corrected chi connectivity index (χ2v) is 4.29. The molecule has 0 radical (unpaired) electrons. The molecular weight excluding hydrogens is 168 g/mol. The van der Waals surface area contributed by atoms with E-state index in [2.05, 4.69) is 17.2 Å². The largest absolute Gasteiger partial charge is 0.312 e. The van der Waals surface area contributed by atoms with Gasteiger partial charge in [0.2, 0.25) is 0 Å². The summed E-state index contributed by atoms with van der Waals surface area (Å²) in [5.74, 6) is 0.870. The monoisotopic (exact) mass is 182 g/mol. The van der Waals surface area contributed by atoms with Gasteiger partial charge in [-0.25, -0.2) is 4.98 Å². The van der Waals surface area contributed by atoms with E-state index < -0.39 is 0 Å². The molecule has 0 saturated heterocycles. The summed E-state index contributed by atoms with van der Waals surface area (Å²) < 4.78 is 0. The number of aromatic nitrogens is 1. The predicted octanol–water partition coefficient (Wildman–Crippen LogP) is 2.12. The van der Waals surface area contributed by atoms with Crippen LogP contribution in [0.3, 0.4) is 0 Å². The zero-order valence-corrected chi connectivity index (χ0v) is 8.32. The third kappa shape index (κ3) is 1.39. The highest BCUT2D eigenvalue weighted by Gasteiger charge is 2.32. The number of nitrogens with zero attached hydrogens (tertiary/aromatic N) is 1. The van der Waals surface area contributed by atoms with Crippen LogP contribution in [0, 0.1) is 12.8 Å². The van der Waals surface area contributed by atoms with Crippen LogP contribution in [0.2, 0.25) is 0 Å². The zero-order chi connectivity index (χ0) is 8.55. The molecule has 3 heteroatoms. The van der Waals surface area contributed by atoms with Gasteiger partial charge in [0.1, 0.15) is 0 Å². The smallest absolute Gasteiger partial charge is 0.0798 e. The van der Waals surface area contributed by atoms with Crippen LogP contribution in [0.4, 0.5) is 0 Å². The summed E-state index contributed by atoms with van der Waals surface area (Å²) in [6.45, 7) is 2.10. The number of rotatable bonds is 3. The molecule has 2 rings (SSSR count). The first kappa shape index (κ1) is 8.20. The Morgan fingerprint density at radius 2 is 2.42 bits per heavy atom. The van der Waals surface area contributed by atoms with E-state index in [0.717, 1.165) is 5.92 Å². The maximum Gasteiger partial charge on any atom is 0.0798 e. The van der Waals surface area contributed by atoms with E-state index >= 15 is 0 Å². The molecule has 1 atom stereocenters. The fraction of sp³-hybridized carbons (Fsp3) is 0.667. The Kier molecular flexibility index (Phi) is 2.15. The van der Waals surface area contributed by atoms with E-state index in [1.165, 1.54) is 23.4 Å². The number of aryl methyl sites for hydroxylation is 1. The van der Waals surface area contributed by atoms with Crippen molar-refractivity contribution in [2.24, 2.45) is 5.92 Å². The first-order valence-corrected chi connectivity index (χ1v) is 5.28. The third-order valence-electron chi connectivity index (χ3n) is 2.47. The molecule has 1 unspecified atom stereocenters. The van der Waals surface area contributed by atoms with Crippen LogP contribution in [0.1, 0.15) is 29.5 Å². The summed E-state index contributed by atoms with van der Waals surface area (Å²) in [5, 5.41) is 3.38. The average Bonchev–Trinajstić information content (AvgIpc) is 2.80. The van der Waals surface area contributed by atoms with Gasteiger partial charge in [0.15, 0.2) is 0 Å². The fourth-order valence-electron chi connectivity index (χ4n) is 1.62. The second kappa shape index (κ2) is 3.15. The van der Waals surface area contributed by atoms with Crippen LogP contribution in [0.5, 0.6) is 0 Å². The van der Waals surface area contributed by atoms with Crippen LogP contribution >= 0.6 is 11.3 Å². The fourth-order valence-corrected chi connectivity index (χ4v) is 2.62. The zero-order valence-electron chi connectivity index (χ0n) is 7.50. The van der Waals surface area contributed by atoms with Gasteiger partial charge in [0.25, 0.3) is 0 Å². The third-order valence-corrected chi connectivity index (χ3v) is 3.48. The Balaban J connectivity index is 2.20. The lowest BCUT2D eigenvalue weighted by Crippen LogP contribution is -2.17. The minimum absolute atomic E-state index is 0.567. The summed E-state index contributed by atoms with van der Waals surface area (Å²) in [7, 11) is 2.04. The summed E-state index contributed by atoms with van der Waals surface area (Å²) in [6.07, 6.45) is 2.76. The van der Waals surface area contributed by atoms with E-state index in [4.69, 9.17) is 0 Å². The highest BCUT2D eigenvalue weighted by atomic mass is 32.1. The summed E-state index contributed by atoms with van der Waals surface area (Å²) in [4.78, 5) is 5.70. The van der Waals surface area contributed by atoms with Crippen molar-refractivity contribution in [2.75, 3.05) is 7.05 Å². The minimum Gasteiger partial charge on any atom is -0.312 e. The van der Waals surface area contributed by atoms with E-state index in [9.17, 15) is 0 Å². The average molecular weight is 182 g/mol. The maximum atomic E-state index is 4.27. The van der Waals surface area contributed by atoms with Crippen molar-refractivity contribution in [3.8, 4) is 0 Å². The quantitative estimate of drug-likeness (QED) is 0.774. The van der Waals surface area contributed by atoms with Gasteiger partial charge in [-0.3, -0.25) is 0 Å². The van der Waals surface area contributed by atoms with Crippen LogP contribution in [-0.2, 0) is 0 Å². The van der Waals surface area contributed by atoms with E-state index in [-0.39, 0.29) is 0 Å². The van der Waals surface area contributed by atoms with Gasteiger partial charge in [-0.05, 0) is 32.7 Å². The lowest BCUT2D eigenvalue weighted by molar-refractivity contribution is 0.534. The molecular formula is C9H14N2S. The van der Waals surface area contributed by atoms with Crippen molar-refractivity contribution in [3.05, 3.63) is 16.1 Å². The summed E-state index contributed by atoms with van der Waals surface area (Å²) in [5.41, 5.74) is 3.14. The summed E-state index contributed by atoms with van der Waals surface area (Å²) in [6, 6.07) is 0.567. The highest BCUT2D eigenvalue weighted by Crippen LogP contribution is 2.42. The number of hydrogen-bond donors (Lipinski definition) is 1. The Hall–Kier alpha value is -0.410. The first-order chi connectivity index (χ1) is 5.83. The molecule has 1 aromatic heterocycles. The second-order valence-electron chi connectivity index (χ2n) is 3.41. The number of nitrogens with one attached hydrogen (secondary N) is 1. The van der Waals surface area contributed by atoms with Crippen LogP contribution < -0.4 is 5.32 Å². The molecule has 12 heavy (non-hydrogen) atoms. The van der Waals surface area contributed by atoms with Crippen LogP contribution in [0.15, 0.2) is 5.51 Å². The molecule has 1 fully saturated rings. The lowest BCUT2D eigenvalue weighted by atomic mass is 10.1. The van der Waals surface area contributed by atoms with Crippen molar-refractivity contribution in [3.63, 3.8) is 0 Å². The van der Waals surface area contributed by atoms with E-state index in [0.29, 0.717) is 6.04 Å². The molecule has 0 bridgehead atoms. The normalized spacial score (nSPS) is 19.5. The Bertz CT molecular complexity index is 265. The van der Waals surface area contributed by atoms with Crippen molar-refractivity contribution in [1.29, 1.82) is 0 Å². The number of thiazole rings is 1. The Labute approximate surface area is 77.0 Å². The Morgan fingerprint density at radius 1 is 1.67 bits per heavy atom. The number of hydrogen-bond acceptors (Lipinski definition) is 3. The predicted molar refractivity (Wildman–Crippen MR) is 51.4 cm³/mol. The molecule has 1 aliphatic rings. The molecule has 0 amide bonds. The first-order valence-electron chi connectivity index (χ1n) is 4.40. The van der Waals surface area contributed by atoms with Gasteiger partial charge in [-0.1, -0.05) is 0 Å². The highest BCUT2D eigenvalue weighted by molar-refractivity contribution is 7.09. The van der Waals surface area contributed by atoms with Gasteiger partial charge in [0.05, 0.1) is 11.2 Å². The molecule has 1 N–H and O–H groups in total.